The highest BCUT2D eigenvalue weighted by molar-refractivity contribution is 6.30. The van der Waals surface area contributed by atoms with Crippen LogP contribution in [0.4, 0.5) is 0 Å². The number of halogens is 1. The molecule has 0 unspecified atom stereocenters. The number of esters is 1. The maximum absolute atomic E-state index is 12.6. The van der Waals surface area contributed by atoms with Crippen LogP contribution in [0.5, 0.6) is 5.75 Å². The lowest BCUT2D eigenvalue weighted by atomic mass is 9.92. The standard InChI is InChI=1S/C23H22ClNO3/c1-14(2)23(27)25-22(17-8-11-18(24)12-9-17)21-19-7-5-4-6-16(19)10-13-20(21)28-15(3)26/h4-14,22H,1-3H3,(H,25,27)/t22-/m0/s1. The first-order valence-electron chi connectivity index (χ1n) is 9.12. The summed E-state index contributed by atoms with van der Waals surface area (Å²) in [7, 11) is 0. The summed E-state index contributed by atoms with van der Waals surface area (Å²) in [6.45, 7) is 5.04. The smallest absolute Gasteiger partial charge is 0.308 e. The molecule has 0 aromatic heterocycles. The molecule has 3 rings (SSSR count). The fraction of sp³-hybridized carbons (Fsp3) is 0.217. The van der Waals surface area contributed by atoms with Crippen LogP contribution in [-0.2, 0) is 9.59 Å². The van der Waals surface area contributed by atoms with Crippen molar-refractivity contribution in [3.8, 4) is 5.75 Å². The molecule has 0 fully saturated rings. The molecule has 3 aromatic rings. The lowest BCUT2D eigenvalue weighted by Gasteiger charge is -2.24. The number of hydrogen-bond donors (Lipinski definition) is 1. The quantitative estimate of drug-likeness (QED) is 0.472. The molecule has 0 aliphatic carbocycles. The number of hydrogen-bond acceptors (Lipinski definition) is 3. The van der Waals surface area contributed by atoms with Gasteiger partial charge in [-0.05, 0) is 34.5 Å². The van der Waals surface area contributed by atoms with Gasteiger partial charge in [-0.2, -0.15) is 0 Å². The van der Waals surface area contributed by atoms with E-state index in [1.807, 2.05) is 56.3 Å². The second-order valence-electron chi connectivity index (χ2n) is 6.94. The van der Waals surface area contributed by atoms with Crippen molar-refractivity contribution >= 4 is 34.2 Å². The number of benzene rings is 3. The predicted molar refractivity (Wildman–Crippen MR) is 112 cm³/mol. The van der Waals surface area contributed by atoms with E-state index in [-0.39, 0.29) is 11.8 Å². The largest absolute Gasteiger partial charge is 0.426 e. The number of carbonyl (C=O) groups is 2. The second kappa shape index (κ2) is 8.44. The number of fused-ring (bicyclic) bond motifs is 1. The van der Waals surface area contributed by atoms with E-state index in [0.717, 1.165) is 21.9 Å². The molecule has 0 bridgehead atoms. The van der Waals surface area contributed by atoms with Gasteiger partial charge < -0.3 is 10.1 Å². The van der Waals surface area contributed by atoms with Gasteiger partial charge in [-0.15, -0.1) is 0 Å². The van der Waals surface area contributed by atoms with Gasteiger partial charge in [0, 0.05) is 23.4 Å². The number of nitrogens with one attached hydrogen (secondary N) is 1. The molecule has 0 aliphatic heterocycles. The molecule has 0 spiro atoms. The summed E-state index contributed by atoms with van der Waals surface area (Å²) in [5.41, 5.74) is 1.59. The summed E-state index contributed by atoms with van der Waals surface area (Å²) >= 11 is 6.06. The minimum Gasteiger partial charge on any atom is -0.426 e. The molecule has 28 heavy (non-hydrogen) atoms. The molecule has 1 amide bonds. The predicted octanol–water partition coefficient (Wildman–Crippen LogP) is 5.28. The van der Waals surface area contributed by atoms with Gasteiger partial charge >= 0.3 is 5.97 Å². The Morgan fingerprint density at radius 2 is 1.64 bits per heavy atom. The Kier molecular flexibility index (Phi) is 6.00. The molecule has 0 heterocycles. The molecule has 1 N–H and O–H groups in total. The first kappa shape index (κ1) is 19.9. The average molecular weight is 396 g/mol. The van der Waals surface area contributed by atoms with Crippen LogP contribution >= 0.6 is 11.6 Å². The third-order valence-corrected chi connectivity index (χ3v) is 4.74. The highest BCUT2D eigenvalue weighted by Gasteiger charge is 2.25. The molecule has 144 valence electrons. The van der Waals surface area contributed by atoms with Gasteiger partial charge in [-0.3, -0.25) is 9.59 Å². The maximum atomic E-state index is 12.6. The molecular formula is C23H22ClNO3. The van der Waals surface area contributed by atoms with E-state index < -0.39 is 12.0 Å². The highest BCUT2D eigenvalue weighted by atomic mass is 35.5. The monoisotopic (exact) mass is 395 g/mol. The Morgan fingerprint density at radius 3 is 2.29 bits per heavy atom. The van der Waals surface area contributed by atoms with E-state index in [2.05, 4.69) is 5.32 Å². The Hall–Kier alpha value is -2.85. The molecule has 0 aliphatic rings. The zero-order valence-corrected chi connectivity index (χ0v) is 16.8. The van der Waals surface area contributed by atoms with Crippen LogP contribution in [0.3, 0.4) is 0 Å². The molecule has 0 saturated carbocycles. The Morgan fingerprint density at radius 1 is 0.964 bits per heavy atom. The first-order chi connectivity index (χ1) is 13.4. The molecule has 0 radical (unpaired) electrons. The SMILES string of the molecule is CC(=O)Oc1ccc2ccccc2c1[C@@H](NC(=O)C(C)C)c1ccc(Cl)cc1. The van der Waals surface area contributed by atoms with E-state index in [1.54, 1.807) is 18.2 Å². The van der Waals surface area contributed by atoms with Crippen LogP contribution < -0.4 is 10.1 Å². The van der Waals surface area contributed by atoms with Gasteiger partial charge in [0.2, 0.25) is 5.91 Å². The van der Waals surface area contributed by atoms with Gasteiger partial charge in [0.1, 0.15) is 5.75 Å². The lowest BCUT2D eigenvalue weighted by molar-refractivity contribution is -0.131. The zero-order valence-electron chi connectivity index (χ0n) is 16.0. The number of amides is 1. The third kappa shape index (κ3) is 4.34. The number of carbonyl (C=O) groups excluding carboxylic acids is 2. The lowest BCUT2D eigenvalue weighted by Crippen LogP contribution is -2.33. The van der Waals surface area contributed by atoms with E-state index in [1.165, 1.54) is 6.92 Å². The first-order valence-corrected chi connectivity index (χ1v) is 9.50. The van der Waals surface area contributed by atoms with E-state index in [4.69, 9.17) is 16.3 Å². The summed E-state index contributed by atoms with van der Waals surface area (Å²) in [6.07, 6.45) is 0. The topological polar surface area (TPSA) is 55.4 Å². The molecule has 1 atom stereocenters. The highest BCUT2D eigenvalue weighted by Crippen LogP contribution is 2.37. The van der Waals surface area contributed by atoms with Crippen molar-refractivity contribution in [2.24, 2.45) is 5.92 Å². The van der Waals surface area contributed by atoms with Crippen molar-refractivity contribution in [3.63, 3.8) is 0 Å². The van der Waals surface area contributed by atoms with E-state index in [0.29, 0.717) is 10.8 Å². The van der Waals surface area contributed by atoms with Crippen molar-refractivity contribution in [2.75, 3.05) is 0 Å². The summed E-state index contributed by atoms with van der Waals surface area (Å²) in [4.78, 5) is 24.3. The van der Waals surface area contributed by atoms with E-state index in [9.17, 15) is 9.59 Å². The Balaban J connectivity index is 2.25. The van der Waals surface area contributed by atoms with Gasteiger partial charge in [0.25, 0.3) is 0 Å². The van der Waals surface area contributed by atoms with Gasteiger partial charge in [0.05, 0.1) is 6.04 Å². The molecule has 0 saturated heterocycles. The van der Waals surface area contributed by atoms with Gasteiger partial charge in [-0.1, -0.05) is 67.9 Å². The molecule has 5 heteroatoms. The summed E-state index contributed by atoms with van der Waals surface area (Å²) in [5.74, 6) is -0.277. The van der Waals surface area contributed by atoms with Crippen molar-refractivity contribution in [2.45, 2.75) is 26.8 Å². The molecule has 4 nitrogen and oxygen atoms in total. The number of rotatable bonds is 5. The number of ether oxygens (including phenoxy) is 1. The molecule has 3 aromatic carbocycles. The summed E-state index contributed by atoms with van der Waals surface area (Å²) in [6, 6.07) is 18.3. The van der Waals surface area contributed by atoms with Crippen molar-refractivity contribution < 1.29 is 14.3 Å². The van der Waals surface area contributed by atoms with Crippen LogP contribution in [0.25, 0.3) is 10.8 Å². The summed E-state index contributed by atoms with van der Waals surface area (Å²) < 4.78 is 5.51. The van der Waals surface area contributed by atoms with Crippen LogP contribution in [-0.4, -0.2) is 11.9 Å². The van der Waals surface area contributed by atoms with Crippen molar-refractivity contribution in [3.05, 3.63) is 76.8 Å². The normalized spacial score (nSPS) is 12.0. The minimum atomic E-state index is -0.493. The van der Waals surface area contributed by atoms with Crippen molar-refractivity contribution in [1.29, 1.82) is 0 Å². The summed E-state index contributed by atoms with van der Waals surface area (Å²) in [5, 5.41) is 5.61. The molecular weight excluding hydrogens is 374 g/mol. The maximum Gasteiger partial charge on any atom is 0.308 e. The second-order valence-corrected chi connectivity index (χ2v) is 7.38. The Labute approximate surface area is 169 Å². The fourth-order valence-corrected chi connectivity index (χ4v) is 3.23. The van der Waals surface area contributed by atoms with Crippen LogP contribution in [0.1, 0.15) is 37.9 Å². The minimum absolute atomic E-state index is 0.0957. The third-order valence-electron chi connectivity index (χ3n) is 4.49. The van der Waals surface area contributed by atoms with Gasteiger partial charge in [0.15, 0.2) is 0 Å². The van der Waals surface area contributed by atoms with Crippen LogP contribution in [0.15, 0.2) is 60.7 Å². The average Bonchev–Trinajstić information content (AvgIpc) is 2.66. The van der Waals surface area contributed by atoms with E-state index >= 15 is 0 Å². The Bertz CT molecular complexity index is 1010. The zero-order chi connectivity index (χ0) is 20.3. The van der Waals surface area contributed by atoms with Crippen molar-refractivity contribution in [1.82, 2.24) is 5.32 Å². The fourth-order valence-electron chi connectivity index (χ4n) is 3.10. The van der Waals surface area contributed by atoms with Crippen LogP contribution in [0.2, 0.25) is 5.02 Å². The van der Waals surface area contributed by atoms with Gasteiger partial charge in [-0.25, -0.2) is 0 Å². The van der Waals surface area contributed by atoms with Crippen LogP contribution in [0, 0.1) is 5.92 Å².